The van der Waals surface area contributed by atoms with Crippen LogP contribution in [0.5, 0.6) is 5.75 Å². The van der Waals surface area contributed by atoms with E-state index in [1.54, 1.807) is 12.1 Å². The minimum atomic E-state index is -3.42. The molecule has 0 aliphatic rings. The molecule has 0 heterocycles. The highest BCUT2D eigenvalue weighted by atomic mass is 32.2. The minimum Gasteiger partial charge on any atom is -0.507 e. The van der Waals surface area contributed by atoms with E-state index < -0.39 is 9.84 Å². The lowest BCUT2D eigenvalue weighted by molar-refractivity contribution is 0.456. The van der Waals surface area contributed by atoms with Gasteiger partial charge < -0.3 is 5.11 Å². The summed E-state index contributed by atoms with van der Waals surface area (Å²) >= 11 is 0. The van der Waals surface area contributed by atoms with Gasteiger partial charge >= 0.3 is 0 Å². The van der Waals surface area contributed by atoms with Gasteiger partial charge in [-0.1, -0.05) is 40.7 Å². The second kappa shape index (κ2) is 4.92. The number of aromatic hydroxyl groups is 1. The zero-order valence-electron chi connectivity index (χ0n) is 11.7. The van der Waals surface area contributed by atoms with Crippen LogP contribution in [0.4, 0.5) is 0 Å². The Morgan fingerprint density at radius 3 is 2.22 bits per heavy atom. The maximum absolute atomic E-state index is 12.2. The van der Waals surface area contributed by atoms with Crippen molar-refractivity contribution in [3.8, 4) is 5.75 Å². The Morgan fingerprint density at radius 1 is 1.22 bits per heavy atom. The van der Waals surface area contributed by atoms with Gasteiger partial charge in [0, 0.05) is 0 Å². The van der Waals surface area contributed by atoms with Gasteiger partial charge in [0.05, 0.1) is 5.75 Å². The van der Waals surface area contributed by atoms with E-state index in [4.69, 9.17) is 0 Å². The average Bonchev–Trinajstić information content (AvgIpc) is 2.13. The molecule has 0 aromatic heterocycles. The van der Waals surface area contributed by atoms with Gasteiger partial charge in [-0.15, -0.1) is 0 Å². The molecule has 1 rings (SSSR count). The Morgan fingerprint density at radius 2 is 1.78 bits per heavy atom. The van der Waals surface area contributed by atoms with Crippen molar-refractivity contribution in [2.24, 2.45) is 5.92 Å². The molecule has 0 aliphatic carbocycles. The highest BCUT2D eigenvalue weighted by Gasteiger charge is 2.23. The fraction of sp³-hybridized carbons (Fsp3) is 0.571. The summed E-state index contributed by atoms with van der Waals surface area (Å²) in [5, 5.41) is 9.77. The highest BCUT2D eigenvalue weighted by molar-refractivity contribution is 7.91. The van der Waals surface area contributed by atoms with Gasteiger partial charge in [-0.05, 0) is 29.0 Å². The molecule has 0 fully saturated rings. The normalized spacial score (nSPS) is 13.0. The lowest BCUT2D eigenvalue weighted by Gasteiger charge is -2.20. The van der Waals surface area contributed by atoms with Crippen LogP contribution in [-0.2, 0) is 15.3 Å². The summed E-state index contributed by atoms with van der Waals surface area (Å²) in [6.07, 6.45) is 0. The van der Waals surface area contributed by atoms with Gasteiger partial charge in [0.2, 0.25) is 0 Å². The molecule has 0 saturated carbocycles. The van der Waals surface area contributed by atoms with E-state index in [9.17, 15) is 13.5 Å². The van der Waals surface area contributed by atoms with Crippen LogP contribution in [0.25, 0.3) is 0 Å². The Labute approximate surface area is 110 Å². The van der Waals surface area contributed by atoms with E-state index in [-0.39, 0.29) is 27.7 Å². The topological polar surface area (TPSA) is 54.4 Å². The molecule has 0 radical (unpaired) electrons. The molecule has 0 spiro atoms. The number of benzene rings is 1. The summed E-state index contributed by atoms with van der Waals surface area (Å²) in [4.78, 5) is 0.0450. The maximum Gasteiger partial charge on any atom is 0.182 e. The van der Waals surface area contributed by atoms with Crippen LogP contribution < -0.4 is 0 Å². The fourth-order valence-corrected chi connectivity index (χ4v) is 3.51. The molecule has 4 heteroatoms. The van der Waals surface area contributed by atoms with Crippen LogP contribution in [0.15, 0.2) is 23.1 Å². The first-order chi connectivity index (χ1) is 8.04. The minimum absolute atomic E-state index is 0.0349. The standard InChI is InChI=1S/C14H22O3S/c1-10(2)9-18(16,17)13-8-11(14(3,4)5)6-7-12(13)15/h6-8,10,15H,9H2,1-5H3. The Kier molecular flexibility index (Phi) is 4.11. The molecule has 0 amide bonds. The zero-order valence-corrected chi connectivity index (χ0v) is 12.5. The molecule has 102 valence electrons. The third-order valence-corrected chi connectivity index (χ3v) is 4.82. The lowest BCUT2D eigenvalue weighted by Crippen LogP contribution is -2.15. The molecule has 3 nitrogen and oxygen atoms in total. The molecule has 0 unspecified atom stereocenters. The van der Waals surface area contributed by atoms with Crippen molar-refractivity contribution in [2.75, 3.05) is 5.75 Å². The van der Waals surface area contributed by atoms with E-state index in [0.29, 0.717) is 0 Å². The number of hydrogen-bond donors (Lipinski definition) is 1. The number of rotatable bonds is 3. The third-order valence-electron chi connectivity index (χ3n) is 2.71. The lowest BCUT2D eigenvalue weighted by atomic mass is 9.87. The summed E-state index contributed by atoms with van der Waals surface area (Å²) in [5.41, 5.74) is 0.762. The third kappa shape index (κ3) is 3.48. The number of phenolic OH excluding ortho intramolecular Hbond substituents is 1. The van der Waals surface area contributed by atoms with Gasteiger partial charge in [-0.2, -0.15) is 0 Å². The van der Waals surface area contributed by atoms with Gasteiger partial charge in [-0.3, -0.25) is 0 Å². The van der Waals surface area contributed by atoms with E-state index in [1.165, 1.54) is 6.07 Å². The molecule has 0 atom stereocenters. The van der Waals surface area contributed by atoms with Crippen LogP contribution >= 0.6 is 0 Å². The van der Waals surface area contributed by atoms with Crippen molar-refractivity contribution in [1.29, 1.82) is 0 Å². The fourth-order valence-electron chi connectivity index (χ4n) is 1.76. The van der Waals surface area contributed by atoms with Crippen LogP contribution in [0.3, 0.4) is 0 Å². The van der Waals surface area contributed by atoms with Crippen molar-refractivity contribution in [2.45, 2.75) is 44.9 Å². The maximum atomic E-state index is 12.2. The van der Waals surface area contributed by atoms with E-state index in [1.807, 2.05) is 34.6 Å². The summed E-state index contributed by atoms with van der Waals surface area (Å²) in [7, 11) is -3.42. The molecular weight excluding hydrogens is 248 g/mol. The van der Waals surface area contributed by atoms with Crippen LogP contribution in [0, 0.1) is 5.92 Å². The number of hydrogen-bond acceptors (Lipinski definition) is 3. The van der Waals surface area contributed by atoms with Crippen molar-refractivity contribution in [1.82, 2.24) is 0 Å². The van der Waals surface area contributed by atoms with Gasteiger partial charge in [0.1, 0.15) is 10.6 Å². The van der Waals surface area contributed by atoms with Crippen LogP contribution in [0.1, 0.15) is 40.2 Å². The van der Waals surface area contributed by atoms with Crippen LogP contribution in [0.2, 0.25) is 0 Å². The average molecular weight is 270 g/mol. The molecule has 0 bridgehead atoms. The summed E-state index contributed by atoms with van der Waals surface area (Å²) in [6.45, 7) is 9.74. The summed E-state index contributed by atoms with van der Waals surface area (Å²) in [5.74, 6) is -0.0786. The van der Waals surface area contributed by atoms with Crippen molar-refractivity contribution in [3.63, 3.8) is 0 Å². The van der Waals surface area contributed by atoms with Crippen molar-refractivity contribution in [3.05, 3.63) is 23.8 Å². The molecule has 0 saturated heterocycles. The SMILES string of the molecule is CC(C)CS(=O)(=O)c1cc(C(C)(C)C)ccc1O. The largest absolute Gasteiger partial charge is 0.507 e. The molecular formula is C14H22O3S. The van der Waals surface area contributed by atoms with Crippen molar-refractivity contribution < 1.29 is 13.5 Å². The first-order valence-electron chi connectivity index (χ1n) is 6.10. The van der Waals surface area contributed by atoms with E-state index in [2.05, 4.69) is 0 Å². The molecule has 18 heavy (non-hydrogen) atoms. The smallest absolute Gasteiger partial charge is 0.182 e. The number of phenols is 1. The predicted octanol–water partition coefficient (Wildman–Crippen LogP) is 3.12. The monoisotopic (exact) mass is 270 g/mol. The summed E-state index contributed by atoms with van der Waals surface area (Å²) in [6, 6.07) is 4.82. The quantitative estimate of drug-likeness (QED) is 0.918. The van der Waals surface area contributed by atoms with Gasteiger partial charge in [0.15, 0.2) is 9.84 Å². The van der Waals surface area contributed by atoms with Gasteiger partial charge in [0.25, 0.3) is 0 Å². The second-order valence-corrected chi connectivity index (χ2v) is 8.11. The Balaban J connectivity index is 3.33. The Hall–Kier alpha value is -1.03. The second-order valence-electron chi connectivity index (χ2n) is 6.11. The highest BCUT2D eigenvalue weighted by Crippen LogP contribution is 2.31. The first-order valence-corrected chi connectivity index (χ1v) is 7.75. The molecule has 1 aromatic rings. The predicted molar refractivity (Wildman–Crippen MR) is 73.7 cm³/mol. The molecule has 1 N–H and O–H groups in total. The molecule has 0 aliphatic heterocycles. The van der Waals surface area contributed by atoms with Crippen LogP contribution in [-0.4, -0.2) is 19.3 Å². The van der Waals surface area contributed by atoms with Crippen molar-refractivity contribution >= 4 is 9.84 Å². The number of sulfone groups is 1. The zero-order chi connectivity index (χ0) is 14.1. The summed E-state index contributed by atoms with van der Waals surface area (Å²) < 4.78 is 24.4. The van der Waals surface area contributed by atoms with Gasteiger partial charge in [-0.25, -0.2) is 8.42 Å². The van der Waals surface area contributed by atoms with E-state index in [0.717, 1.165) is 5.56 Å². The first kappa shape index (κ1) is 15.0. The molecule has 1 aromatic carbocycles. The Bertz CT molecular complexity index is 522. The van der Waals surface area contributed by atoms with E-state index >= 15 is 0 Å².